The third-order valence-electron chi connectivity index (χ3n) is 4.36. The van der Waals surface area contributed by atoms with Crippen molar-refractivity contribution in [2.45, 2.75) is 39.2 Å². The average Bonchev–Trinajstić information content (AvgIpc) is 3.05. The number of nitrogens with one attached hydrogen (secondary N) is 2. The molecule has 1 saturated heterocycles. The topological polar surface area (TPSA) is 96.2 Å². The van der Waals surface area contributed by atoms with Gasteiger partial charge in [0.05, 0.1) is 0 Å². The van der Waals surface area contributed by atoms with Crippen LogP contribution in [0, 0.1) is 0 Å². The number of nitrogens with two attached hydrogens (primary N) is 1. The number of aromatic nitrogens is 2. The Morgan fingerprint density at radius 3 is 2.77 bits per heavy atom. The molecule has 0 bridgehead atoms. The smallest absolute Gasteiger partial charge is 0.229 e. The number of rotatable bonds is 6. The molecular formula is C19H26N6O. The first-order chi connectivity index (χ1) is 12.5. The van der Waals surface area contributed by atoms with E-state index in [0.29, 0.717) is 5.95 Å². The highest BCUT2D eigenvalue weighted by Gasteiger charge is 2.24. The molecule has 26 heavy (non-hydrogen) atoms. The summed E-state index contributed by atoms with van der Waals surface area (Å²) in [7, 11) is 0. The van der Waals surface area contributed by atoms with Crippen LogP contribution in [0.4, 0.5) is 23.1 Å². The summed E-state index contributed by atoms with van der Waals surface area (Å²) in [6.45, 7) is 5.33. The van der Waals surface area contributed by atoms with Crippen LogP contribution in [0.3, 0.4) is 0 Å². The summed E-state index contributed by atoms with van der Waals surface area (Å²) < 4.78 is 0. The van der Waals surface area contributed by atoms with E-state index in [1.807, 2.05) is 30.3 Å². The molecule has 1 atom stereocenters. The van der Waals surface area contributed by atoms with Crippen LogP contribution in [0.15, 0.2) is 30.3 Å². The molecule has 1 fully saturated rings. The van der Waals surface area contributed by atoms with E-state index in [0.717, 1.165) is 55.2 Å². The Kier molecular flexibility index (Phi) is 5.55. The predicted octanol–water partition coefficient (Wildman–Crippen LogP) is 2.47. The van der Waals surface area contributed by atoms with Gasteiger partial charge in [-0.25, -0.2) is 4.98 Å². The highest BCUT2D eigenvalue weighted by atomic mass is 16.1. The monoisotopic (exact) mass is 354 g/mol. The second-order valence-electron chi connectivity index (χ2n) is 6.67. The minimum Gasteiger partial charge on any atom is -0.399 e. The molecule has 1 amide bonds. The quantitative estimate of drug-likeness (QED) is 0.690. The van der Waals surface area contributed by atoms with Crippen LogP contribution in [-0.2, 0) is 11.2 Å². The fraction of sp³-hybridized carbons (Fsp3) is 0.421. The van der Waals surface area contributed by atoms with Gasteiger partial charge in [0.1, 0.15) is 5.82 Å². The first kappa shape index (κ1) is 18.0. The maximum absolute atomic E-state index is 11.3. The average molecular weight is 354 g/mol. The van der Waals surface area contributed by atoms with Crippen molar-refractivity contribution in [3.63, 3.8) is 0 Å². The number of amides is 1. The van der Waals surface area contributed by atoms with E-state index < -0.39 is 0 Å². The normalized spacial score (nSPS) is 16.5. The van der Waals surface area contributed by atoms with Gasteiger partial charge in [0, 0.05) is 49.2 Å². The largest absolute Gasteiger partial charge is 0.399 e. The van der Waals surface area contributed by atoms with Gasteiger partial charge >= 0.3 is 0 Å². The second kappa shape index (κ2) is 8.03. The van der Waals surface area contributed by atoms with E-state index in [-0.39, 0.29) is 11.9 Å². The molecule has 2 heterocycles. The van der Waals surface area contributed by atoms with Crippen molar-refractivity contribution in [3.8, 4) is 0 Å². The maximum atomic E-state index is 11.3. The number of benzene rings is 1. The molecule has 3 rings (SSSR count). The zero-order valence-corrected chi connectivity index (χ0v) is 15.3. The lowest BCUT2D eigenvalue weighted by atomic mass is 10.2. The van der Waals surface area contributed by atoms with Gasteiger partial charge < -0.3 is 21.3 Å². The van der Waals surface area contributed by atoms with Crippen molar-refractivity contribution in [2.24, 2.45) is 0 Å². The molecule has 7 heteroatoms. The SMILES string of the molecule is CCCc1cc(N2CC[C@H](NC(C)=O)C2)nc(Nc2ccc(N)cc2)n1. The van der Waals surface area contributed by atoms with Crippen molar-refractivity contribution >= 4 is 29.0 Å². The van der Waals surface area contributed by atoms with Crippen LogP contribution in [0.1, 0.15) is 32.4 Å². The van der Waals surface area contributed by atoms with Gasteiger partial charge in [-0.1, -0.05) is 13.3 Å². The van der Waals surface area contributed by atoms with Crippen LogP contribution in [0.5, 0.6) is 0 Å². The highest BCUT2D eigenvalue weighted by Crippen LogP contribution is 2.23. The molecule has 1 aliphatic rings. The number of carbonyl (C=O) groups excluding carboxylic acids is 1. The Balaban J connectivity index is 1.80. The standard InChI is InChI=1S/C19H26N6O/c1-3-4-16-11-18(25-10-9-17(12-25)21-13(2)26)24-19(23-16)22-15-7-5-14(20)6-8-15/h5-8,11,17H,3-4,9-10,12,20H2,1-2H3,(H,21,26)(H,22,23,24)/t17-/m0/s1. The van der Waals surface area contributed by atoms with Crippen molar-refractivity contribution < 1.29 is 4.79 Å². The van der Waals surface area contributed by atoms with Crippen molar-refractivity contribution in [3.05, 3.63) is 36.0 Å². The van der Waals surface area contributed by atoms with Crippen LogP contribution >= 0.6 is 0 Å². The lowest BCUT2D eigenvalue weighted by Gasteiger charge is -2.19. The Morgan fingerprint density at radius 1 is 1.31 bits per heavy atom. The fourth-order valence-electron chi connectivity index (χ4n) is 3.15. The fourth-order valence-corrected chi connectivity index (χ4v) is 3.15. The molecule has 1 aromatic carbocycles. The molecule has 1 aromatic heterocycles. The summed E-state index contributed by atoms with van der Waals surface area (Å²) in [4.78, 5) is 22.8. The lowest BCUT2D eigenvalue weighted by Crippen LogP contribution is -2.35. The number of nitrogen functional groups attached to an aromatic ring is 1. The van der Waals surface area contributed by atoms with Crippen molar-refractivity contribution in [1.82, 2.24) is 15.3 Å². The number of nitrogens with zero attached hydrogens (tertiary/aromatic N) is 3. The first-order valence-corrected chi connectivity index (χ1v) is 9.06. The summed E-state index contributed by atoms with van der Waals surface area (Å²) in [6.07, 6.45) is 2.84. The number of hydrogen-bond acceptors (Lipinski definition) is 6. The minimum atomic E-state index is 0.0110. The molecule has 0 spiro atoms. The van der Waals surface area contributed by atoms with Gasteiger partial charge in [-0.05, 0) is 37.1 Å². The number of aryl methyl sites for hydroxylation is 1. The number of carbonyl (C=O) groups is 1. The van der Waals surface area contributed by atoms with Crippen molar-refractivity contribution in [1.29, 1.82) is 0 Å². The Bertz CT molecular complexity index is 761. The minimum absolute atomic E-state index is 0.0110. The van der Waals surface area contributed by atoms with Crippen LogP contribution < -0.4 is 21.3 Å². The summed E-state index contributed by atoms with van der Waals surface area (Å²) in [6, 6.07) is 9.73. The van der Waals surface area contributed by atoms with E-state index in [9.17, 15) is 4.79 Å². The molecule has 1 aliphatic heterocycles. The van der Waals surface area contributed by atoms with E-state index in [4.69, 9.17) is 5.73 Å². The van der Waals surface area contributed by atoms with Crippen LogP contribution in [0.25, 0.3) is 0 Å². The lowest BCUT2D eigenvalue weighted by molar-refractivity contribution is -0.119. The molecule has 0 unspecified atom stereocenters. The molecule has 4 N–H and O–H groups in total. The summed E-state index contributed by atoms with van der Waals surface area (Å²) in [5.41, 5.74) is 8.37. The van der Waals surface area contributed by atoms with E-state index in [2.05, 4.69) is 32.4 Å². The van der Waals surface area contributed by atoms with Gasteiger partial charge in [-0.3, -0.25) is 4.79 Å². The van der Waals surface area contributed by atoms with E-state index in [1.165, 1.54) is 0 Å². The zero-order chi connectivity index (χ0) is 18.5. The molecular weight excluding hydrogens is 328 g/mol. The molecule has 0 aliphatic carbocycles. The third-order valence-corrected chi connectivity index (χ3v) is 4.36. The Labute approximate surface area is 154 Å². The first-order valence-electron chi connectivity index (χ1n) is 9.06. The highest BCUT2D eigenvalue weighted by molar-refractivity contribution is 5.73. The summed E-state index contributed by atoms with van der Waals surface area (Å²) in [5.74, 6) is 1.49. The van der Waals surface area contributed by atoms with Gasteiger partial charge in [-0.15, -0.1) is 0 Å². The molecule has 0 radical (unpaired) electrons. The van der Waals surface area contributed by atoms with Gasteiger partial charge in [-0.2, -0.15) is 4.98 Å². The number of anilines is 4. The second-order valence-corrected chi connectivity index (χ2v) is 6.67. The molecule has 2 aromatic rings. The zero-order valence-electron chi connectivity index (χ0n) is 15.3. The maximum Gasteiger partial charge on any atom is 0.229 e. The Hall–Kier alpha value is -2.83. The van der Waals surface area contributed by atoms with E-state index in [1.54, 1.807) is 6.92 Å². The van der Waals surface area contributed by atoms with Crippen molar-refractivity contribution in [2.75, 3.05) is 29.0 Å². The van der Waals surface area contributed by atoms with E-state index >= 15 is 0 Å². The van der Waals surface area contributed by atoms with Crippen LogP contribution in [-0.4, -0.2) is 35.0 Å². The Morgan fingerprint density at radius 2 is 2.08 bits per heavy atom. The third kappa shape index (κ3) is 4.62. The summed E-state index contributed by atoms with van der Waals surface area (Å²) >= 11 is 0. The number of hydrogen-bond donors (Lipinski definition) is 3. The molecule has 7 nitrogen and oxygen atoms in total. The van der Waals surface area contributed by atoms with Gasteiger partial charge in [0.2, 0.25) is 11.9 Å². The van der Waals surface area contributed by atoms with Gasteiger partial charge in [0.15, 0.2) is 0 Å². The van der Waals surface area contributed by atoms with Gasteiger partial charge in [0.25, 0.3) is 0 Å². The predicted molar refractivity (Wildman–Crippen MR) is 105 cm³/mol. The van der Waals surface area contributed by atoms with Crippen LogP contribution in [0.2, 0.25) is 0 Å². The molecule has 0 saturated carbocycles. The molecule has 138 valence electrons. The summed E-state index contributed by atoms with van der Waals surface area (Å²) in [5, 5.41) is 6.25.